The van der Waals surface area contributed by atoms with Crippen LogP contribution in [0.1, 0.15) is 37.4 Å². The lowest BCUT2D eigenvalue weighted by molar-refractivity contribution is 0.0228. The molecule has 1 aromatic carbocycles. The van der Waals surface area contributed by atoms with Crippen LogP contribution < -0.4 is 0 Å². The van der Waals surface area contributed by atoms with Gasteiger partial charge in [0.05, 0.1) is 17.6 Å². The van der Waals surface area contributed by atoms with Gasteiger partial charge in [0.1, 0.15) is 0 Å². The van der Waals surface area contributed by atoms with Crippen LogP contribution in [0.5, 0.6) is 0 Å². The molecule has 2 bridgehead atoms. The third-order valence-electron chi connectivity index (χ3n) is 4.85. The molecular formula is C15H15BrClNO. The zero-order valence-corrected chi connectivity index (χ0v) is 12.8. The van der Waals surface area contributed by atoms with Crippen LogP contribution in [0, 0.1) is 28.6 Å². The van der Waals surface area contributed by atoms with Crippen molar-refractivity contribution in [3.8, 4) is 6.07 Å². The van der Waals surface area contributed by atoms with Crippen LogP contribution in [0.2, 0.25) is 5.02 Å². The van der Waals surface area contributed by atoms with E-state index in [4.69, 9.17) is 11.6 Å². The summed E-state index contributed by atoms with van der Waals surface area (Å²) in [4.78, 5) is 0. The molecule has 19 heavy (non-hydrogen) atoms. The van der Waals surface area contributed by atoms with E-state index in [0.29, 0.717) is 16.9 Å². The Morgan fingerprint density at radius 2 is 2.26 bits per heavy atom. The van der Waals surface area contributed by atoms with Gasteiger partial charge in [-0.25, -0.2) is 0 Å². The molecule has 4 atom stereocenters. The fraction of sp³-hybridized carbons (Fsp3) is 0.533. The number of halogens is 2. The molecule has 2 nitrogen and oxygen atoms in total. The lowest BCUT2D eigenvalue weighted by Crippen LogP contribution is -2.33. The number of aliphatic hydroxyl groups is 1. The summed E-state index contributed by atoms with van der Waals surface area (Å²) in [6, 6.07) is 7.81. The summed E-state index contributed by atoms with van der Waals surface area (Å²) in [5.74, 6) is 0.949. The highest BCUT2D eigenvalue weighted by molar-refractivity contribution is 9.10. The van der Waals surface area contributed by atoms with Gasteiger partial charge in [-0.2, -0.15) is 5.26 Å². The molecule has 4 heteroatoms. The molecule has 0 radical (unpaired) electrons. The summed E-state index contributed by atoms with van der Waals surface area (Å²) < 4.78 is 0.782. The van der Waals surface area contributed by atoms with Crippen LogP contribution in [0.3, 0.4) is 0 Å². The molecule has 1 aromatic rings. The number of fused-ring (bicyclic) bond motifs is 2. The number of aliphatic hydroxyl groups excluding tert-OH is 1. The largest absolute Gasteiger partial charge is 0.387 e. The molecule has 0 saturated heterocycles. The highest BCUT2D eigenvalue weighted by Gasteiger charge is 2.55. The van der Waals surface area contributed by atoms with Crippen molar-refractivity contribution in [2.75, 3.05) is 0 Å². The average molecular weight is 341 g/mol. The van der Waals surface area contributed by atoms with Crippen LogP contribution in [0.4, 0.5) is 0 Å². The van der Waals surface area contributed by atoms with Crippen LogP contribution in [-0.4, -0.2) is 5.11 Å². The van der Waals surface area contributed by atoms with E-state index in [2.05, 4.69) is 22.0 Å². The smallest absolute Gasteiger partial charge is 0.0990 e. The van der Waals surface area contributed by atoms with Crippen molar-refractivity contribution in [1.29, 1.82) is 5.26 Å². The first kappa shape index (κ1) is 13.4. The number of nitrogens with zero attached hydrogens (tertiary/aromatic N) is 1. The lowest BCUT2D eigenvalue weighted by atomic mass is 9.68. The van der Waals surface area contributed by atoms with Crippen molar-refractivity contribution < 1.29 is 5.11 Å². The Bertz CT molecular complexity index is 556. The minimum Gasteiger partial charge on any atom is -0.387 e. The van der Waals surface area contributed by atoms with E-state index in [1.54, 1.807) is 12.1 Å². The molecular weight excluding hydrogens is 326 g/mol. The SMILES string of the molecule is N#CC1(C(O)c2ccc(Cl)cc2Br)CC2CCC1C2. The van der Waals surface area contributed by atoms with Crippen molar-refractivity contribution in [3.63, 3.8) is 0 Å². The summed E-state index contributed by atoms with van der Waals surface area (Å²) in [6.07, 6.45) is 3.46. The van der Waals surface area contributed by atoms with Crippen molar-refractivity contribution in [2.24, 2.45) is 17.3 Å². The van der Waals surface area contributed by atoms with E-state index in [0.717, 1.165) is 29.3 Å². The third-order valence-corrected chi connectivity index (χ3v) is 5.77. The molecule has 2 aliphatic rings. The quantitative estimate of drug-likeness (QED) is 0.863. The van der Waals surface area contributed by atoms with Gasteiger partial charge in [0.15, 0.2) is 0 Å². The fourth-order valence-corrected chi connectivity index (χ4v) is 4.81. The first-order chi connectivity index (χ1) is 9.06. The van der Waals surface area contributed by atoms with Crippen LogP contribution in [0.25, 0.3) is 0 Å². The molecule has 3 rings (SSSR count). The topological polar surface area (TPSA) is 44.0 Å². The molecule has 2 aliphatic carbocycles. The molecule has 2 saturated carbocycles. The van der Waals surface area contributed by atoms with Crippen molar-refractivity contribution in [1.82, 2.24) is 0 Å². The second kappa shape index (κ2) is 4.77. The summed E-state index contributed by atoms with van der Waals surface area (Å²) in [6.45, 7) is 0. The Balaban J connectivity index is 1.99. The van der Waals surface area contributed by atoms with Gasteiger partial charge in [0.25, 0.3) is 0 Å². The molecule has 0 spiro atoms. The standard InChI is InChI=1S/C15H15BrClNO/c16-13-6-11(17)3-4-12(13)14(19)15(8-18)7-9-1-2-10(15)5-9/h3-4,6,9-10,14,19H,1-2,5,7H2. The Hall–Kier alpha value is -0.560. The second-order valence-corrected chi connectivity index (χ2v) is 7.09. The van der Waals surface area contributed by atoms with Gasteiger partial charge in [-0.05, 0) is 48.8 Å². The molecule has 1 N–H and O–H groups in total. The number of hydrogen-bond acceptors (Lipinski definition) is 2. The highest BCUT2D eigenvalue weighted by atomic mass is 79.9. The minimum atomic E-state index is -0.737. The van der Waals surface area contributed by atoms with Crippen molar-refractivity contribution >= 4 is 27.5 Å². The number of hydrogen-bond donors (Lipinski definition) is 1. The Morgan fingerprint density at radius 1 is 1.47 bits per heavy atom. The first-order valence-electron chi connectivity index (χ1n) is 6.61. The number of nitriles is 1. The molecule has 0 aliphatic heterocycles. The summed E-state index contributed by atoms with van der Waals surface area (Å²) in [7, 11) is 0. The van der Waals surface area contributed by atoms with E-state index in [9.17, 15) is 10.4 Å². The molecule has 0 heterocycles. The van der Waals surface area contributed by atoms with Gasteiger partial charge in [-0.15, -0.1) is 0 Å². The maximum Gasteiger partial charge on any atom is 0.0990 e. The molecule has 0 amide bonds. The van der Waals surface area contributed by atoms with Crippen LogP contribution in [-0.2, 0) is 0 Å². The zero-order valence-electron chi connectivity index (χ0n) is 10.4. The molecule has 4 unspecified atom stereocenters. The third kappa shape index (κ3) is 2.01. The van der Waals surface area contributed by atoms with Gasteiger partial charge in [-0.1, -0.05) is 40.0 Å². The van der Waals surface area contributed by atoms with E-state index in [1.165, 1.54) is 6.42 Å². The summed E-state index contributed by atoms with van der Waals surface area (Å²) in [5, 5.41) is 21.1. The Morgan fingerprint density at radius 3 is 2.79 bits per heavy atom. The lowest BCUT2D eigenvalue weighted by Gasteiger charge is -2.36. The zero-order chi connectivity index (χ0) is 13.6. The Labute approximate surface area is 126 Å². The Kier molecular flexibility index (Phi) is 3.37. The van der Waals surface area contributed by atoms with E-state index in [-0.39, 0.29) is 0 Å². The van der Waals surface area contributed by atoms with Crippen LogP contribution in [0.15, 0.2) is 22.7 Å². The normalized spacial score (nSPS) is 34.2. The van der Waals surface area contributed by atoms with Gasteiger partial charge < -0.3 is 5.11 Å². The molecule has 100 valence electrons. The van der Waals surface area contributed by atoms with E-state index < -0.39 is 11.5 Å². The molecule has 0 aromatic heterocycles. The van der Waals surface area contributed by atoms with Gasteiger partial charge in [0.2, 0.25) is 0 Å². The van der Waals surface area contributed by atoms with Crippen molar-refractivity contribution in [3.05, 3.63) is 33.3 Å². The van der Waals surface area contributed by atoms with Gasteiger partial charge >= 0.3 is 0 Å². The maximum atomic E-state index is 10.8. The predicted octanol–water partition coefficient (Wildman–Crippen LogP) is 4.47. The van der Waals surface area contributed by atoms with Gasteiger partial charge in [0, 0.05) is 9.50 Å². The van der Waals surface area contributed by atoms with Crippen LogP contribution >= 0.6 is 27.5 Å². The highest BCUT2D eigenvalue weighted by Crippen LogP contribution is 2.61. The maximum absolute atomic E-state index is 10.8. The average Bonchev–Trinajstić information content (AvgIpc) is 2.98. The predicted molar refractivity (Wildman–Crippen MR) is 77.6 cm³/mol. The molecule has 2 fully saturated rings. The van der Waals surface area contributed by atoms with E-state index in [1.807, 2.05) is 6.07 Å². The van der Waals surface area contributed by atoms with Crippen molar-refractivity contribution in [2.45, 2.75) is 31.8 Å². The van der Waals surface area contributed by atoms with E-state index >= 15 is 0 Å². The summed E-state index contributed by atoms with van der Waals surface area (Å²) >= 11 is 9.38. The van der Waals surface area contributed by atoms with Gasteiger partial charge in [-0.3, -0.25) is 0 Å². The number of benzene rings is 1. The minimum absolute atomic E-state index is 0.333. The number of rotatable bonds is 2. The first-order valence-corrected chi connectivity index (χ1v) is 7.78. The monoisotopic (exact) mass is 339 g/mol. The second-order valence-electron chi connectivity index (χ2n) is 5.80. The fourth-order valence-electron chi connectivity index (χ4n) is 3.91. The summed E-state index contributed by atoms with van der Waals surface area (Å²) in [5.41, 5.74) is 0.165.